The van der Waals surface area contributed by atoms with Gasteiger partial charge in [0.15, 0.2) is 5.78 Å². The third-order valence-electron chi connectivity index (χ3n) is 13.7. The molecule has 0 bridgehead atoms. The van der Waals surface area contributed by atoms with Crippen LogP contribution >= 0.6 is 23.6 Å². The van der Waals surface area contributed by atoms with Crippen LogP contribution in [0.25, 0.3) is 32.5 Å². The fourth-order valence-corrected chi connectivity index (χ4v) is 10.5. The van der Waals surface area contributed by atoms with Crippen molar-refractivity contribution in [3.8, 4) is 21.6 Å². The van der Waals surface area contributed by atoms with Crippen LogP contribution in [0.1, 0.15) is 95.0 Å². The number of rotatable bonds is 26. The molecule has 15 nitrogen and oxygen atoms in total. The first-order chi connectivity index (χ1) is 35.9. The highest BCUT2D eigenvalue weighted by molar-refractivity contribution is 7.80. The lowest BCUT2D eigenvalue weighted by molar-refractivity contribution is -0.143. The normalized spacial score (nSPS) is 17.3. The van der Waals surface area contributed by atoms with Gasteiger partial charge in [-0.25, -0.2) is 13.8 Å². The molecule has 3 amide bonds. The number of aromatic nitrogens is 2. The van der Waals surface area contributed by atoms with Gasteiger partial charge < -0.3 is 49.9 Å². The van der Waals surface area contributed by atoms with Gasteiger partial charge in [-0.15, -0.1) is 11.3 Å². The highest BCUT2D eigenvalue weighted by Gasteiger charge is 2.44. The second-order valence-corrected chi connectivity index (χ2v) is 21.7. The first kappa shape index (κ1) is 57.2. The van der Waals surface area contributed by atoms with Gasteiger partial charge in [0.25, 0.3) is 0 Å². The van der Waals surface area contributed by atoms with E-state index in [9.17, 15) is 33.1 Å². The number of hydrogen-bond acceptors (Lipinski definition) is 12. The number of Topliss-reactive ketones (excluding diaryl/α,β-unsaturated/α-hetero) is 1. The highest BCUT2D eigenvalue weighted by atomic mass is 32.1. The van der Waals surface area contributed by atoms with E-state index in [2.05, 4.69) is 20.2 Å². The standard InChI is InChI=1S/C56H70F2N6O9S2/c1-36-51(75-35-60-36)38-11-8-37(9-12-38)10-15-48(66)47-32-43(65)33-64(47)54(69)52(55(2,3)4)62-50(68)19-23-71-25-27-73-29-28-72-26-24-70-22-18-49(67)61-41-13-14-44-45(39-6-5-7-40(30-39)53(59)74)34-63(46(44)31-41)42-16-20-56(57,58)21-17-42/h5-9,11-14,30-31,34-35,42-43,47,52,65H,10,15-29,32-33H2,1-4H3,(H2,59,74)(H,61,67)(H,62,68)/t43-,47+,52-/m1/s1. The summed E-state index contributed by atoms with van der Waals surface area (Å²) in [6.45, 7) is 9.56. The van der Waals surface area contributed by atoms with Crippen molar-refractivity contribution in [1.82, 2.24) is 19.8 Å². The fraction of sp³-hybridized carbons (Fsp3) is 0.500. The molecule has 1 saturated heterocycles. The van der Waals surface area contributed by atoms with Crippen molar-refractivity contribution in [3.05, 3.63) is 95.3 Å². The molecule has 1 aliphatic carbocycles. The van der Waals surface area contributed by atoms with Gasteiger partial charge in [0.1, 0.15) is 11.0 Å². The average Bonchev–Trinajstić information content (AvgIpc) is 4.11. The van der Waals surface area contributed by atoms with Crippen LogP contribution in [0.3, 0.4) is 0 Å². The van der Waals surface area contributed by atoms with Crippen LogP contribution in [0.15, 0.2) is 78.4 Å². The molecule has 3 atom stereocenters. The van der Waals surface area contributed by atoms with E-state index in [4.69, 9.17) is 36.9 Å². The van der Waals surface area contributed by atoms with E-state index in [0.717, 1.165) is 49.3 Å². The Morgan fingerprint density at radius 1 is 0.867 bits per heavy atom. The van der Waals surface area contributed by atoms with Crippen LogP contribution in [0.4, 0.5) is 14.5 Å². The van der Waals surface area contributed by atoms with Gasteiger partial charge in [0.05, 0.1) is 93.0 Å². The molecule has 19 heteroatoms. The molecular formula is C56H70F2N6O9S2. The van der Waals surface area contributed by atoms with E-state index in [-0.39, 0.29) is 107 Å². The molecular weight excluding hydrogens is 1000 g/mol. The molecule has 0 unspecified atom stereocenters. The number of anilines is 1. The summed E-state index contributed by atoms with van der Waals surface area (Å²) in [6.07, 6.45) is 2.48. The van der Waals surface area contributed by atoms with Gasteiger partial charge in [-0.05, 0) is 66.5 Å². The van der Waals surface area contributed by atoms with E-state index >= 15 is 0 Å². The van der Waals surface area contributed by atoms with Crippen molar-refractivity contribution in [2.24, 2.45) is 11.1 Å². The maximum atomic E-state index is 14.1. The minimum absolute atomic E-state index is 0.0125. The lowest BCUT2D eigenvalue weighted by Gasteiger charge is -2.35. The first-order valence-electron chi connectivity index (χ1n) is 25.7. The summed E-state index contributed by atoms with van der Waals surface area (Å²) in [4.78, 5) is 60.7. The average molecular weight is 1070 g/mol. The Hall–Kier alpha value is -5.54. The number of hydrogen-bond donors (Lipinski definition) is 4. The molecule has 5 N–H and O–H groups in total. The number of thiazole rings is 1. The highest BCUT2D eigenvalue weighted by Crippen LogP contribution is 2.42. The summed E-state index contributed by atoms with van der Waals surface area (Å²) in [5, 5.41) is 17.3. The number of likely N-dealkylation sites (tertiary alicyclic amines) is 1. The number of halogens is 2. The van der Waals surface area contributed by atoms with E-state index in [1.54, 1.807) is 11.3 Å². The van der Waals surface area contributed by atoms with Crippen LogP contribution in [-0.4, -0.2) is 132 Å². The Kier molecular flexibility index (Phi) is 20.2. The quantitative estimate of drug-likeness (QED) is 0.0305. The summed E-state index contributed by atoms with van der Waals surface area (Å²) in [5.74, 6) is -3.79. The monoisotopic (exact) mass is 1070 g/mol. The Labute approximate surface area is 446 Å². The van der Waals surface area contributed by atoms with Crippen LogP contribution in [-0.2, 0) is 44.5 Å². The number of aliphatic hydroxyl groups is 1. The molecule has 2 aromatic heterocycles. The van der Waals surface area contributed by atoms with E-state index < -0.39 is 35.4 Å². The SMILES string of the molecule is Cc1ncsc1-c1ccc(CCC(=O)[C@@H]2C[C@@H](O)CN2C(=O)[C@@H](NC(=O)CCOCCOCCOCCOCCC(=O)Nc2ccc3c(-c4cccc(C(N)=S)c4)cn(C4CCC(F)(F)CC4)c3c2)C(C)(C)C)cc1. The van der Waals surface area contributed by atoms with Crippen molar-refractivity contribution in [1.29, 1.82) is 0 Å². The van der Waals surface area contributed by atoms with Crippen LogP contribution in [0.2, 0.25) is 0 Å². The zero-order valence-corrected chi connectivity index (χ0v) is 44.9. The van der Waals surface area contributed by atoms with Crippen molar-refractivity contribution in [2.45, 2.75) is 116 Å². The van der Waals surface area contributed by atoms with Gasteiger partial charge >= 0.3 is 0 Å². The molecule has 3 aromatic carbocycles. The number of alkyl halides is 2. The van der Waals surface area contributed by atoms with E-state index in [0.29, 0.717) is 44.8 Å². The van der Waals surface area contributed by atoms with Crippen molar-refractivity contribution < 1.29 is 52.0 Å². The Balaban J connectivity index is 0.748. The number of thiocarbonyl (C=S) groups is 1. The minimum Gasteiger partial charge on any atom is -0.391 e. The van der Waals surface area contributed by atoms with E-state index in [1.807, 2.05) is 106 Å². The fourth-order valence-electron chi connectivity index (χ4n) is 9.57. The summed E-state index contributed by atoms with van der Waals surface area (Å²) in [7, 11) is 0. The summed E-state index contributed by atoms with van der Waals surface area (Å²) in [6, 6.07) is 19.5. The number of benzene rings is 3. The van der Waals surface area contributed by atoms with Crippen LogP contribution in [0, 0.1) is 12.3 Å². The van der Waals surface area contributed by atoms with Gasteiger partial charge in [0.2, 0.25) is 23.6 Å². The molecule has 5 aromatic rings. The Morgan fingerprint density at radius 2 is 1.51 bits per heavy atom. The number of ether oxygens (including phenoxy) is 4. The van der Waals surface area contributed by atoms with Gasteiger partial charge in [-0.2, -0.15) is 0 Å². The Bertz CT molecular complexity index is 2750. The zero-order chi connectivity index (χ0) is 53.7. The first-order valence-corrected chi connectivity index (χ1v) is 27.0. The van der Waals surface area contributed by atoms with Crippen molar-refractivity contribution in [2.75, 3.05) is 64.7 Å². The molecule has 7 rings (SSSR count). The largest absolute Gasteiger partial charge is 0.391 e. The van der Waals surface area contributed by atoms with Gasteiger partial charge in [-0.1, -0.05) is 81.5 Å². The van der Waals surface area contributed by atoms with Crippen molar-refractivity contribution in [3.63, 3.8) is 0 Å². The van der Waals surface area contributed by atoms with Crippen LogP contribution < -0.4 is 16.4 Å². The molecule has 1 aliphatic heterocycles. The zero-order valence-electron chi connectivity index (χ0n) is 43.2. The maximum absolute atomic E-state index is 14.1. The molecule has 3 heterocycles. The number of fused-ring (bicyclic) bond motifs is 1. The van der Waals surface area contributed by atoms with Gasteiger partial charge in [-0.3, -0.25) is 19.2 Å². The smallest absolute Gasteiger partial charge is 0.248 e. The van der Waals surface area contributed by atoms with Gasteiger partial charge in [0, 0.05) is 73.1 Å². The molecule has 404 valence electrons. The number of aliphatic hydroxyl groups excluding tert-OH is 1. The second kappa shape index (κ2) is 26.5. The molecule has 2 fully saturated rings. The number of ketones is 1. The number of nitrogens with one attached hydrogen (secondary N) is 2. The van der Waals surface area contributed by atoms with E-state index in [1.165, 1.54) is 4.90 Å². The second-order valence-electron chi connectivity index (χ2n) is 20.4. The molecule has 0 radical (unpaired) electrons. The summed E-state index contributed by atoms with van der Waals surface area (Å²) < 4.78 is 52.7. The number of nitrogens with two attached hydrogens (primary N) is 1. The number of nitrogens with zero attached hydrogens (tertiary/aromatic N) is 3. The maximum Gasteiger partial charge on any atom is 0.248 e. The number of β-amino-alcohol motifs (C(OH)–C–C–N with tert-alkyl or cyclic N) is 1. The minimum atomic E-state index is -2.67. The number of carbonyl (C=O) groups is 4. The third-order valence-corrected chi connectivity index (χ3v) is 14.9. The third kappa shape index (κ3) is 16.0. The predicted octanol–water partition coefficient (Wildman–Crippen LogP) is 8.60. The van der Waals surface area contributed by atoms with Crippen molar-refractivity contribution >= 4 is 68.6 Å². The number of amides is 3. The molecule has 1 saturated carbocycles. The van der Waals surface area contributed by atoms with Crippen LogP contribution in [0.5, 0.6) is 0 Å². The topological polar surface area (TPSA) is 197 Å². The molecule has 0 spiro atoms. The molecule has 2 aliphatic rings. The summed E-state index contributed by atoms with van der Waals surface area (Å²) >= 11 is 6.79. The number of aryl methyl sites for hydroxylation is 2. The number of carbonyl (C=O) groups excluding carboxylic acids is 4. The predicted molar refractivity (Wildman–Crippen MR) is 290 cm³/mol. The lowest BCUT2D eigenvalue weighted by atomic mass is 9.85. The molecule has 75 heavy (non-hydrogen) atoms. The lowest BCUT2D eigenvalue weighted by Crippen LogP contribution is -2.56. The Morgan fingerprint density at radius 3 is 2.12 bits per heavy atom. The summed E-state index contributed by atoms with van der Waals surface area (Å²) in [5.41, 5.74) is 14.1.